The van der Waals surface area contributed by atoms with Gasteiger partial charge in [-0.15, -0.1) is 0 Å². The van der Waals surface area contributed by atoms with E-state index in [1.165, 1.54) is 0 Å². The number of amides is 1. The van der Waals surface area contributed by atoms with Gasteiger partial charge in [0.15, 0.2) is 11.5 Å². The molecule has 0 spiro atoms. The molecule has 2 aromatic carbocycles. The Hall–Kier alpha value is -2.53. The second-order valence-electron chi connectivity index (χ2n) is 6.95. The highest BCUT2D eigenvalue weighted by Crippen LogP contribution is 2.30. The highest BCUT2D eigenvalue weighted by Gasteiger charge is 2.30. The van der Waals surface area contributed by atoms with Crippen molar-refractivity contribution in [2.24, 2.45) is 0 Å². The quantitative estimate of drug-likeness (QED) is 0.750. The van der Waals surface area contributed by atoms with Crippen molar-refractivity contribution in [3.63, 3.8) is 0 Å². The Morgan fingerprint density at radius 3 is 2.33 bits per heavy atom. The predicted molar refractivity (Wildman–Crippen MR) is 106 cm³/mol. The summed E-state index contributed by atoms with van der Waals surface area (Å²) >= 11 is 0. The highest BCUT2D eigenvalue weighted by atomic mass is 16.5. The van der Waals surface area contributed by atoms with Crippen LogP contribution in [0.5, 0.6) is 11.5 Å². The maximum Gasteiger partial charge on any atom is 0.244 e. The van der Waals surface area contributed by atoms with Gasteiger partial charge in [-0.3, -0.25) is 9.69 Å². The van der Waals surface area contributed by atoms with Crippen molar-refractivity contribution in [3.05, 3.63) is 59.7 Å². The zero-order valence-corrected chi connectivity index (χ0v) is 16.4. The van der Waals surface area contributed by atoms with Crippen LogP contribution >= 0.6 is 0 Å². The number of likely N-dealkylation sites (N-methyl/N-ethyl adjacent to an activating group) is 1. The average molecular weight is 368 g/mol. The summed E-state index contributed by atoms with van der Waals surface area (Å²) in [6.07, 6.45) is 2.18. The normalized spacial score (nSPS) is 15.0. The zero-order valence-electron chi connectivity index (χ0n) is 16.4. The topological polar surface area (TPSA) is 42.0 Å². The number of carbonyl (C=O) groups is 1. The first-order chi connectivity index (χ1) is 13.1. The molecule has 1 aliphatic rings. The molecule has 144 valence electrons. The minimum atomic E-state index is -0.294. The van der Waals surface area contributed by atoms with Crippen molar-refractivity contribution in [2.45, 2.75) is 25.4 Å². The Balaban J connectivity index is 1.84. The van der Waals surface area contributed by atoms with Crippen LogP contribution in [0.3, 0.4) is 0 Å². The van der Waals surface area contributed by atoms with Gasteiger partial charge in [-0.25, -0.2) is 0 Å². The summed E-state index contributed by atoms with van der Waals surface area (Å²) in [7, 11) is 5.27. The van der Waals surface area contributed by atoms with Crippen molar-refractivity contribution in [2.75, 3.05) is 34.4 Å². The Labute approximate surface area is 161 Å². The number of hydrogen-bond donors (Lipinski definition) is 0. The summed E-state index contributed by atoms with van der Waals surface area (Å²) in [5, 5.41) is 0. The Morgan fingerprint density at radius 1 is 1.04 bits per heavy atom. The molecule has 0 bridgehead atoms. The van der Waals surface area contributed by atoms with Gasteiger partial charge in [0.2, 0.25) is 5.91 Å². The highest BCUT2D eigenvalue weighted by molar-refractivity contribution is 5.83. The van der Waals surface area contributed by atoms with Crippen LogP contribution in [-0.2, 0) is 11.3 Å². The number of methoxy groups -OCH3 is 2. The predicted octanol–water partition coefficient (Wildman–Crippen LogP) is 3.50. The van der Waals surface area contributed by atoms with E-state index in [-0.39, 0.29) is 11.9 Å². The van der Waals surface area contributed by atoms with Crippen LogP contribution in [0.4, 0.5) is 0 Å². The number of hydrogen-bond acceptors (Lipinski definition) is 4. The molecule has 5 heteroatoms. The van der Waals surface area contributed by atoms with Crippen LogP contribution in [0, 0.1) is 0 Å². The first-order valence-electron chi connectivity index (χ1n) is 9.39. The maximum absolute atomic E-state index is 13.2. The summed E-state index contributed by atoms with van der Waals surface area (Å²) in [6.45, 7) is 2.35. The second kappa shape index (κ2) is 8.91. The van der Waals surface area contributed by atoms with Gasteiger partial charge >= 0.3 is 0 Å². The smallest absolute Gasteiger partial charge is 0.244 e. The first kappa shape index (κ1) is 19.2. The van der Waals surface area contributed by atoms with E-state index in [1.54, 1.807) is 14.2 Å². The van der Waals surface area contributed by atoms with E-state index in [9.17, 15) is 4.79 Å². The van der Waals surface area contributed by atoms with Gasteiger partial charge in [0.05, 0.1) is 14.2 Å². The van der Waals surface area contributed by atoms with Crippen LogP contribution in [0.15, 0.2) is 48.5 Å². The number of ether oxygens (including phenoxy) is 2. The Morgan fingerprint density at radius 2 is 1.70 bits per heavy atom. The largest absolute Gasteiger partial charge is 0.493 e. The molecule has 1 aliphatic heterocycles. The van der Waals surface area contributed by atoms with Gasteiger partial charge in [-0.1, -0.05) is 36.4 Å². The SMILES string of the molecule is COc1ccc(CN(C)C(C(=O)N2CCCC2)c2ccccc2)cc1OC. The molecule has 1 amide bonds. The summed E-state index contributed by atoms with van der Waals surface area (Å²) < 4.78 is 10.7. The number of rotatable bonds is 7. The maximum atomic E-state index is 13.2. The monoisotopic (exact) mass is 368 g/mol. The third-order valence-corrected chi connectivity index (χ3v) is 5.09. The molecule has 1 unspecified atom stereocenters. The lowest BCUT2D eigenvalue weighted by Gasteiger charge is -2.31. The number of benzene rings is 2. The summed E-state index contributed by atoms with van der Waals surface area (Å²) in [5.74, 6) is 1.59. The van der Waals surface area contributed by atoms with Crippen LogP contribution in [0.2, 0.25) is 0 Å². The van der Waals surface area contributed by atoms with Crippen LogP contribution < -0.4 is 9.47 Å². The standard InChI is InChI=1S/C22H28N2O3/c1-23(16-17-11-12-19(26-2)20(15-17)27-3)21(18-9-5-4-6-10-18)22(25)24-13-7-8-14-24/h4-6,9-12,15,21H,7-8,13-14,16H2,1-3H3. The molecule has 0 N–H and O–H groups in total. The van der Waals surface area contributed by atoms with Crippen molar-refractivity contribution in [1.29, 1.82) is 0 Å². The minimum Gasteiger partial charge on any atom is -0.493 e. The zero-order chi connectivity index (χ0) is 19.2. The molecular weight excluding hydrogens is 340 g/mol. The van der Waals surface area contributed by atoms with E-state index >= 15 is 0 Å². The fourth-order valence-corrected chi connectivity index (χ4v) is 3.69. The van der Waals surface area contributed by atoms with Crippen molar-refractivity contribution < 1.29 is 14.3 Å². The van der Waals surface area contributed by atoms with E-state index in [0.29, 0.717) is 18.0 Å². The number of likely N-dealkylation sites (tertiary alicyclic amines) is 1. The van der Waals surface area contributed by atoms with Crippen LogP contribution in [0.1, 0.15) is 30.0 Å². The van der Waals surface area contributed by atoms with Crippen molar-refractivity contribution >= 4 is 5.91 Å². The summed E-state index contributed by atoms with van der Waals surface area (Å²) in [6, 6.07) is 15.6. The second-order valence-corrected chi connectivity index (χ2v) is 6.95. The van der Waals surface area contributed by atoms with Crippen LogP contribution in [-0.4, -0.2) is 50.1 Å². The van der Waals surface area contributed by atoms with E-state index in [4.69, 9.17) is 9.47 Å². The van der Waals surface area contributed by atoms with Gasteiger partial charge in [0, 0.05) is 19.6 Å². The Kier molecular flexibility index (Phi) is 6.35. The van der Waals surface area contributed by atoms with E-state index in [1.807, 2.05) is 60.5 Å². The average Bonchev–Trinajstić information content (AvgIpc) is 3.23. The van der Waals surface area contributed by atoms with Gasteiger partial charge in [-0.05, 0) is 43.1 Å². The molecule has 1 heterocycles. The fourth-order valence-electron chi connectivity index (χ4n) is 3.69. The molecule has 0 aromatic heterocycles. The molecular formula is C22H28N2O3. The summed E-state index contributed by atoms with van der Waals surface area (Å²) in [4.78, 5) is 17.3. The molecule has 5 nitrogen and oxygen atoms in total. The summed E-state index contributed by atoms with van der Waals surface area (Å²) in [5.41, 5.74) is 2.10. The molecule has 1 saturated heterocycles. The molecule has 2 aromatic rings. The van der Waals surface area contributed by atoms with Crippen molar-refractivity contribution in [3.8, 4) is 11.5 Å². The van der Waals surface area contributed by atoms with Gasteiger partial charge in [0.25, 0.3) is 0 Å². The molecule has 27 heavy (non-hydrogen) atoms. The molecule has 0 aliphatic carbocycles. The lowest BCUT2D eigenvalue weighted by Crippen LogP contribution is -2.40. The minimum absolute atomic E-state index is 0.182. The molecule has 0 saturated carbocycles. The van der Waals surface area contributed by atoms with E-state index in [0.717, 1.165) is 37.1 Å². The lowest BCUT2D eigenvalue weighted by molar-refractivity contribution is -0.136. The van der Waals surface area contributed by atoms with Crippen LogP contribution in [0.25, 0.3) is 0 Å². The third kappa shape index (κ3) is 4.42. The van der Waals surface area contributed by atoms with Gasteiger partial charge in [0.1, 0.15) is 6.04 Å². The van der Waals surface area contributed by atoms with Gasteiger partial charge in [-0.2, -0.15) is 0 Å². The van der Waals surface area contributed by atoms with E-state index < -0.39 is 0 Å². The molecule has 0 radical (unpaired) electrons. The number of carbonyl (C=O) groups excluding carboxylic acids is 1. The fraction of sp³-hybridized carbons (Fsp3) is 0.409. The molecule has 3 rings (SSSR count). The first-order valence-corrected chi connectivity index (χ1v) is 9.39. The van der Waals surface area contributed by atoms with Gasteiger partial charge < -0.3 is 14.4 Å². The number of nitrogens with zero attached hydrogens (tertiary/aromatic N) is 2. The molecule has 1 fully saturated rings. The Bertz CT molecular complexity index is 757. The molecule has 1 atom stereocenters. The van der Waals surface area contributed by atoms with Crippen molar-refractivity contribution in [1.82, 2.24) is 9.80 Å². The lowest BCUT2D eigenvalue weighted by atomic mass is 10.0. The van der Waals surface area contributed by atoms with E-state index in [2.05, 4.69) is 4.90 Å². The third-order valence-electron chi connectivity index (χ3n) is 5.09.